The average molecular weight is 427 g/mol. The van der Waals surface area contributed by atoms with E-state index >= 15 is 0 Å². The number of fused-ring (bicyclic) bond motifs is 3. The fraction of sp³-hybridized carbons (Fsp3) is 0.333. The molecule has 3 aromatic heterocycles. The number of methoxy groups -OCH3 is 1. The van der Waals surface area contributed by atoms with E-state index < -0.39 is 0 Å². The van der Waals surface area contributed by atoms with Crippen molar-refractivity contribution in [3.8, 4) is 5.75 Å². The van der Waals surface area contributed by atoms with Crippen LogP contribution in [0.4, 0.5) is 0 Å². The van der Waals surface area contributed by atoms with Gasteiger partial charge in [-0.1, -0.05) is 37.7 Å². The van der Waals surface area contributed by atoms with E-state index in [4.69, 9.17) is 9.72 Å². The Morgan fingerprint density at radius 3 is 2.79 bits per heavy atom. The molecule has 1 aromatic carbocycles. The van der Waals surface area contributed by atoms with Gasteiger partial charge >= 0.3 is 0 Å². The quantitative estimate of drug-likeness (QED) is 0.317. The summed E-state index contributed by atoms with van der Waals surface area (Å²) in [5, 5.41) is 10.6. The molecule has 0 amide bonds. The van der Waals surface area contributed by atoms with Crippen molar-refractivity contribution in [2.24, 2.45) is 0 Å². The van der Waals surface area contributed by atoms with Crippen LogP contribution in [0.25, 0.3) is 15.9 Å². The van der Waals surface area contributed by atoms with Gasteiger partial charge in [0.2, 0.25) is 0 Å². The fourth-order valence-corrected chi connectivity index (χ4v) is 5.10. The van der Waals surface area contributed by atoms with Crippen LogP contribution in [-0.2, 0) is 0 Å². The third-order valence-electron chi connectivity index (χ3n) is 4.91. The maximum atomic E-state index is 12.7. The second-order valence-electron chi connectivity index (χ2n) is 7.17. The van der Waals surface area contributed by atoms with E-state index in [0.717, 1.165) is 21.7 Å². The molecule has 29 heavy (non-hydrogen) atoms. The molecule has 0 N–H and O–H groups in total. The SMILES string of the molecule is COc1cccc(C(=O)CSc2nnc3c4c(C)c(C)sc4nc(C(C)C)n23)c1. The highest BCUT2D eigenvalue weighted by Crippen LogP contribution is 2.34. The van der Waals surface area contributed by atoms with Crippen LogP contribution in [0.15, 0.2) is 29.4 Å². The number of carbonyl (C=O) groups is 1. The van der Waals surface area contributed by atoms with Crippen molar-refractivity contribution in [3.05, 3.63) is 46.1 Å². The molecule has 0 atom stereocenters. The summed E-state index contributed by atoms with van der Waals surface area (Å²) in [6.07, 6.45) is 0. The Balaban J connectivity index is 1.72. The van der Waals surface area contributed by atoms with Crippen LogP contribution in [0, 0.1) is 13.8 Å². The van der Waals surface area contributed by atoms with Gasteiger partial charge in [-0.15, -0.1) is 21.5 Å². The standard InChI is InChI=1S/C21H22N4O2S2/c1-11(2)18-22-20-17(12(3)13(4)29-20)19-23-24-21(25(18)19)28-10-16(26)14-7-6-8-15(9-14)27-5/h6-9,11H,10H2,1-5H3. The normalized spacial score (nSPS) is 11.7. The molecule has 4 aromatic rings. The number of Topliss-reactive ketones (excluding diaryl/α,β-unsaturated/α-hetero) is 1. The molecule has 0 unspecified atom stereocenters. The Bertz CT molecular complexity index is 1230. The molecule has 3 heterocycles. The van der Waals surface area contributed by atoms with Crippen molar-refractivity contribution < 1.29 is 9.53 Å². The molecule has 6 nitrogen and oxygen atoms in total. The van der Waals surface area contributed by atoms with E-state index in [-0.39, 0.29) is 17.5 Å². The summed E-state index contributed by atoms with van der Waals surface area (Å²) in [6, 6.07) is 7.21. The zero-order chi connectivity index (χ0) is 20.7. The lowest BCUT2D eigenvalue weighted by molar-refractivity contribution is 0.102. The second kappa shape index (κ2) is 7.76. The monoisotopic (exact) mass is 426 g/mol. The summed E-state index contributed by atoms with van der Waals surface area (Å²) in [5.74, 6) is 2.08. The summed E-state index contributed by atoms with van der Waals surface area (Å²) in [7, 11) is 1.59. The Hall–Kier alpha value is -2.45. The number of thiophene rings is 1. The largest absolute Gasteiger partial charge is 0.497 e. The minimum absolute atomic E-state index is 0.0216. The Labute approximate surface area is 177 Å². The molecule has 8 heteroatoms. The van der Waals surface area contributed by atoms with E-state index in [2.05, 4.69) is 37.9 Å². The lowest BCUT2D eigenvalue weighted by atomic mass is 10.1. The van der Waals surface area contributed by atoms with Gasteiger partial charge in [0.25, 0.3) is 0 Å². The summed E-state index contributed by atoms with van der Waals surface area (Å²) < 4.78 is 7.23. The van der Waals surface area contributed by atoms with Gasteiger partial charge < -0.3 is 4.74 Å². The van der Waals surface area contributed by atoms with E-state index in [0.29, 0.717) is 16.5 Å². The number of ketones is 1. The lowest BCUT2D eigenvalue weighted by Crippen LogP contribution is -2.07. The van der Waals surface area contributed by atoms with Crippen LogP contribution in [0.3, 0.4) is 0 Å². The molecule has 0 radical (unpaired) electrons. The number of rotatable bonds is 6. The number of aromatic nitrogens is 4. The first-order valence-electron chi connectivity index (χ1n) is 9.35. The van der Waals surface area contributed by atoms with Crippen molar-refractivity contribution in [3.63, 3.8) is 0 Å². The number of hydrogen-bond donors (Lipinski definition) is 0. The van der Waals surface area contributed by atoms with Gasteiger partial charge in [-0.3, -0.25) is 9.20 Å². The van der Waals surface area contributed by atoms with Crippen LogP contribution >= 0.6 is 23.1 Å². The van der Waals surface area contributed by atoms with E-state index in [1.54, 1.807) is 30.6 Å². The number of aryl methyl sites for hydroxylation is 2. The fourth-order valence-electron chi connectivity index (χ4n) is 3.23. The molecule has 0 aliphatic heterocycles. The van der Waals surface area contributed by atoms with Gasteiger partial charge in [0.15, 0.2) is 16.6 Å². The lowest BCUT2D eigenvalue weighted by Gasteiger charge is -2.10. The minimum Gasteiger partial charge on any atom is -0.497 e. The van der Waals surface area contributed by atoms with Crippen molar-refractivity contribution in [1.29, 1.82) is 0 Å². The third kappa shape index (κ3) is 3.51. The molecule has 150 valence electrons. The summed E-state index contributed by atoms with van der Waals surface area (Å²) >= 11 is 3.08. The van der Waals surface area contributed by atoms with Gasteiger partial charge in [0.05, 0.1) is 18.2 Å². The number of hydrogen-bond acceptors (Lipinski definition) is 7. The second-order valence-corrected chi connectivity index (χ2v) is 9.32. The summed E-state index contributed by atoms with van der Waals surface area (Å²) in [4.78, 5) is 19.8. The van der Waals surface area contributed by atoms with Gasteiger partial charge in [0, 0.05) is 16.4 Å². The van der Waals surface area contributed by atoms with Gasteiger partial charge in [-0.05, 0) is 31.5 Å². The zero-order valence-electron chi connectivity index (χ0n) is 17.0. The number of carbonyl (C=O) groups excluding carboxylic acids is 1. The topological polar surface area (TPSA) is 69.4 Å². The first kappa shape index (κ1) is 19.8. The van der Waals surface area contributed by atoms with Crippen molar-refractivity contribution >= 4 is 44.7 Å². The Kier molecular flexibility index (Phi) is 5.31. The average Bonchev–Trinajstić information content (AvgIpc) is 3.26. The van der Waals surface area contributed by atoms with Crippen molar-refractivity contribution in [2.45, 2.75) is 38.8 Å². The molecule has 0 spiro atoms. The first-order chi connectivity index (χ1) is 13.9. The molecular weight excluding hydrogens is 404 g/mol. The van der Waals surface area contributed by atoms with Crippen LogP contribution in [-0.4, -0.2) is 38.2 Å². The predicted molar refractivity (Wildman–Crippen MR) is 118 cm³/mol. The van der Waals surface area contributed by atoms with Crippen LogP contribution in [0.1, 0.15) is 46.4 Å². The van der Waals surface area contributed by atoms with Crippen molar-refractivity contribution in [1.82, 2.24) is 19.6 Å². The molecule has 0 aliphatic rings. The zero-order valence-corrected chi connectivity index (χ0v) is 18.6. The Morgan fingerprint density at radius 2 is 2.07 bits per heavy atom. The molecule has 0 bridgehead atoms. The van der Waals surface area contributed by atoms with Crippen molar-refractivity contribution in [2.75, 3.05) is 12.9 Å². The number of ether oxygens (including phenoxy) is 1. The number of nitrogens with zero attached hydrogens (tertiary/aromatic N) is 4. The van der Waals surface area contributed by atoms with Gasteiger partial charge in [-0.25, -0.2) is 4.98 Å². The number of benzene rings is 1. The smallest absolute Gasteiger partial charge is 0.197 e. The third-order valence-corrected chi connectivity index (χ3v) is 6.94. The maximum Gasteiger partial charge on any atom is 0.197 e. The Morgan fingerprint density at radius 1 is 1.28 bits per heavy atom. The number of thioether (sulfide) groups is 1. The van der Waals surface area contributed by atoms with E-state index in [9.17, 15) is 4.79 Å². The van der Waals surface area contributed by atoms with Gasteiger partial charge in [-0.2, -0.15) is 0 Å². The van der Waals surface area contributed by atoms with Gasteiger partial charge in [0.1, 0.15) is 16.4 Å². The molecule has 4 rings (SSSR count). The van der Waals surface area contributed by atoms with Crippen LogP contribution in [0.2, 0.25) is 0 Å². The van der Waals surface area contributed by atoms with Crippen LogP contribution < -0.4 is 4.74 Å². The molecule has 0 fully saturated rings. The maximum absolute atomic E-state index is 12.7. The predicted octanol–water partition coefficient (Wildman–Crippen LogP) is 5.06. The first-order valence-corrected chi connectivity index (χ1v) is 11.2. The highest BCUT2D eigenvalue weighted by atomic mass is 32.2. The minimum atomic E-state index is 0.0216. The summed E-state index contributed by atoms with van der Waals surface area (Å²) in [6.45, 7) is 8.41. The molecule has 0 saturated carbocycles. The molecular formula is C21H22N4O2S2. The highest BCUT2D eigenvalue weighted by Gasteiger charge is 2.21. The van der Waals surface area contributed by atoms with Crippen LogP contribution in [0.5, 0.6) is 5.75 Å². The molecule has 0 aliphatic carbocycles. The summed E-state index contributed by atoms with van der Waals surface area (Å²) in [5.41, 5.74) is 2.63. The highest BCUT2D eigenvalue weighted by molar-refractivity contribution is 7.99. The van der Waals surface area contributed by atoms with E-state index in [1.807, 2.05) is 16.5 Å². The van der Waals surface area contributed by atoms with E-state index in [1.165, 1.54) is 22.2 Å². The molecule has 0 saturated heterocycles.